The molecule has 0 bridgehead atoms. The average molecular weight is 310 g/mol. The topological polar surface area (TPSA) is 58.6 Å². The van der Waals surface area contributed by atoms with Crippen molar-refractivity contribution in [2.75, 3.05) is 0 Å². The summed E-state index contributed by atoms with van der Waals surface area (Å²) in [5.74, 6) is 0.388. The molecule has 1 aliphatic heterocycles. The van der Waals surface area contributed by atoms with E-state index in [4.69, 9.17) is 4.74 Å². The monoisotopic (exact) mass is 310 g/mol. The average Bonchev–Trinajstić information content (AvgIpc) is 2.75. The van der Waals surface area contributed by atoms with E-state index in [-0.39, 0.29) is 30.1 Å². The molecule has 0 spiro atoms. The van der Waals surface area contributed by atoms with Crippen LogP contribution in [0.1, 0.15) is 66.7 Å². The van der Waals surface area contributed by atoms with Gasteiger partial charge in [-0.05, 0) is 59.8 Å². The summed E-state index contributed by atoms with van der Waals surface area (Å²) in [5.41, 5.74) is -0.539. The van der Waals surface area contributed by atoms with Gasteiger partial charge in [0, 0.05) is 12.1 Å². The molecule has 5 heteroatoms. The summed E-state index contributed by atoms with van der Waals surface area (Å²) in [6, 6.07) is -0.146. The van der Waals surface area contributed by atoms with Gasteiger partial charge in [0.15, 0.2) is 0 Å². The standard InChI is InChI=1S/C17H30N2O3/c1-11(2)18-15(20)14-10-12-8-6-7-9-13(12)19(14)16(21)22-17(3,4)5/h11-14H,6-10H2,1-5H3,(H,18,20)/t12-,13-,14-/m0/s1. The Labute approximate surface area is 133 Å². The highest BCUT2D eigenvalue weighted by Gasteiger charge is 2.48. The molecule has 126 valence electrons. The predicted molar refractivity (Wildman–Crippen MR) is 85.5 cm³/mol. The van der Waals surface area contributed by atoms with Gasteiger partial charge in [0.1, 0.15) is 11.6 Å². The molecule has 1 saturated heterocycles. The number of carbonyl (C=O) groups is 2. The fourth-order valence-corrected chi connectivity index (χ4v) is 3.65. The van der Waals surface area contributed by atoms with Crippen molar-refractivity contribution in [1.29, 1.82) is 0 Å². The fourth-order valence-electron chi connectivity index (χ4n) is 3.65. The second kappa shape index (κ2) is 6.47. The van der Waals surface area contributed by atoms with Crippen LogP contribution in [0.4, 0.5) is 4.79 Å². The third-order valence-electron chi connectivity index (χ3n) is 4.43. The van der Waals surface area contributed by atoms with Crippen LogP contribution >= 0.6 is 0 Å². The summed E-state index contributed by atoms with van der Waals surface area (Å²) in [6.07, 6.45) is 4.83. The SMILES string of the molecule is CC(C)NC(=O)[C@@H]1C[C@@H]2CCCC[C@@H]2N1C(=O)OC(C)(C)C. The highest BCUT2D eigenvalue weighted by atomic mass is 16.6. The number of nitrogens with one attached hydrogen (secondary N) is 1. The van der Waals surface area contributed by atoms with Gasteiger partial charge in [-0.1, -0.05) is 12.8 Å². The Morgan fingerprint density at radius 1 is 1.18 bits per heavy atom. The molecule has 2 rings (SSSR count). The number of nitrogens with zero attached hydrogens (tertiary/aromatic N) is 1. The molecule has 2 aliphatic rings. The van der Waals surface area contributed by atoms with E-state index in [9.17, 15) is 9.59 Å². The van der Waals surface area contributed by atoms with Gasteiger partial charge in [0.05, 0.1) is 0 Å². The third kappa shape index (κ3) is 3.93. The first-order valence-corrected chi connectivity index (χ1v) is 8.50. The Balaban J connectivity index is 2.18. The molecule has 1 saturated carbocycles. The second-order valence-electron chi connectivity index (χ2n) is 7.91. The summed E-state index contributed by atoms with van der Waals surface area (Å²) in [7, 11) is 0. The van der Waals surface area contributed by atoms with E-state index in [0.717, 1.165) is 25.7 Å². The van der Waals surface area contributed by atoms with Crippen LogP contribution in [0.3, 0.4) is 0 Å². The zero-order valence-corrected chi connectivity index (χ0v) is 14.5. The van der Waals surface area contributed by atoms with Gasteiger partial charge in [-0.2, -0.15) is 0 Å². The first-order valence-electron chi connectivity index (χ1n) is 8.50. The van der Waals surface area contributed by atoms with Crippen LogP contribution in [0.5, 0.6) is 0 Å². The molecule has 0 aromatic heterocycles. The highest BCUT2D eigenvalue weighted by molar-refractivity contribution is 5.86. The molecule has 0 unspecified atom stereocenters. The lowest BCUT2D eigenvalue weighted by Gasteiger charge is -2.35. The molecule has 5 nitrogen and oxygen atoms in total. The second-order valence-corrected chi connectivity index (χ2v) is 7.91. The number of hydrogen-bond acceptors (Lipinski definition) is 3. The molecule has 2 amide bonds. The van der Waals surface area contributed by atoms with Gasteiger partial charge in [0.2, 0.25) is 5.91 Å². The molecule has 0 radical (unpaired) electrons. The number of ether oxygens (including phenoxy) is 1. The summed E-state index contributed by atoms with van der Waals surface area (Å²) < 4.78 is 5.56. The molecule has 0 aromatic rings. The normalized spacial score (nSPS) is 28.5. The quantitative estimate of drug-likeness (QED) is 0.852. The number of amides is 2. The number of fused-ring (bicyclic) bond motifs is 1. The summed E-state index contributed by atoms with van der Waals surface area (Å²) >= 11 is 0. The predicted octanol–water partition coefficient (Wildman–Crippen LogP) is 3.08. The molecule has 1 N–H and O–H groups in total. The smallest absolute Gasteiger partial charge is 0.411 e. The van der Waals surface area contributed by atoms with Crippen LogP contribution < -0.4 is 5.32 Å². The van der Waals surface area contributed by atoms with Crippen molar-refractivity contribution in [3.8, 4) is 0 Å². The van der Waals surface area contributed by atoms with Crippen LogP contribution in [-0.2, 0) is 9.53 Å². The van der Waals surface area contributed by atoms with E-state index in [1.54, 1.807) is 4.90 Å². The van der Waals surface area contributed by atoms with Gasteiger partial charge < -0.3 is 10.1 Å². The number of hydrogen-bond donors (Lipinski definition) is 1. The van der Waals surface area contributed by atoms with Crippen molar-refractivity contribution in [3.05, 3.63) is 0 Å². The van der Waals surface area contributed by atoms with E-state index in [1.807, 2.05) is 34.6 Å². The van der Waals surface area contributed by atoms with Gasteiger partial charge in [-0.3, -0.25) is 9.69 Å². The molecule has 0 aromatic carbocycles. The van der Waals surface area contributed by atoms with Crippen molar-refractivity contribution < 1.29 is 14.3 Å². The molecule has 1 aliphatic carbocycles. The van der Waals surface area contributed by atoms with Crippen LogP contribution in [0, 0.1) is 5.92 Å². The molecular formula is C17H30N2O3. The lowest BCUT2D eigenvalue weighted by Crippen LogP contribution is -2.52. The van der Waals surface area contributed by atoms with Crippen molar-refractivity contribution >= 4 is 12.0 Å². The minimum atomic E-state index is -0.539. The van der Waals surface area contributed by atoms with E-state index in [0.29, 0.717) is 5.92 Å². The maximum Gasteiger partial charge on any atom is 0.411 e. The van der Waals surface area contributed by atoms with Crippen molar-refractivity contribution in [1.82, 2.24) is 10.2 Å². The Kier molecular flexibility index (Phi) is 5.03. The van der Waals surface area contributed by atoms with E-state index < -0.39 is 5.60 Å². The first kappa shape index (κ1) is 17.1. The van der Waals surface area contributed by atoms with E-state index in [1.165, 1.54) is 6.42 Å². The number of rotatable bonds is 2. The van der Waals surface area contributed by atoms with Gasteiger partial charge in [-0.15, -0.1) is 0 Å². The molecule has 2 fully saturated rings. The molecular weight excluding hydrogens is 280 g/mol. The lowest BCUT2D eigenvalue weighted by atomic mass is 9.85. The minimum Gasteiger partial charge on any atom is -0.444 e. The van der Waals surface area contributed by atoms with Gasteiger partial charge >= 0.3 is 6.09 Å². The van der Waals surface area contributed by atoms with Crippen molar-refractivity contribution in [2.45, 2.75) is 90.4 Å². The van der Waals surface area contributed by atoms with Gasteiger partial charge in [-0.25, -0.2) is 4.79 Å². The summed E-state index contributed by atoms with van der Waals surface area (Å²) in [5, 5.41) is 2.95. The maximum atomic E-state index is 12.6. The summed E-state index contributed by atoms with van der Waals surface area (Å²) in [6.45, 7) is 9.48. The van der Waals surface area contributed by atoms with Crippen molar-refractivity contribution in [3.63, 3.8) is 0 Å². The van der Waals surface area contributed by atoms with Crippen LogP contribution in [0.2, 0.25) is 0 Å². The molecule has 22 heavy (non-hydrogen) atoms. The van der Waals surface area contributed by atoms with Crippen LogP contribution in [-0.4, -0.2) is 40.6 Å². The van der Waals surface area contributed by atoms with Crippen LogP contribution in [0.25, 0.3) is 0 Å². The Hall–Kier alpha value is -1.26. The molecule has 1 heterocycles. The van der Waals surface area contributed by atoms with Crippen molar-refractivity contribution in [2.24, 2.45) is 5.92 Å². The van der Waals surface area contributed by atoms with E-state index >= 15 is 0 Å². The Morgan fingerprint density at radius 2 is 1.82 bits per heavy atom. The van der Waals surface area contributed by atoms with E-state index in [2.05, 4.69) is 5.32 Å². The highest BCUT2D eigenvalue weighted by Crippen LogP contribution is 2.40. The number of likely N-dealkylation sites (tertiary alicyclic amines) is 1. The lowest BCUT2D eigenvalue weighted by molar-refractivity contribution is -0.126. The van der Waals surface area contributed by atoms with Gasteiger partial charge in [0.25, 0.3) is 0 Å². The third-order valence-corrected chi connectivity index (χ3v) is 4.43. The van der Waals surface area contributed by atoms with Crippen LogP contribution in [0.15, 0.2) is 0 Å². The zero-order chi connectivity index (χ0) is 16.5. The fraction of sp³-hybridized carbons (Fsp3) is 0.882. The zero-order valence-electron chi connectivity index (χ0n) is 14.5. The molecule has 3 atom stereocenters. The Bertz CT molecular complexity index is 428. The summed E-state index contributed by atoms with van der Waals surface area (Å²) in [4.78, 5) is 26.9. The maximum absolute atomic E-state index is 12.6. The minimum absolute atomic E-state index is 0.0461. The first-order chi connectivity index (χ1) is 10.2. The Morgan fingerprint density at radius 3 is 2.41 bits per heavy atom. The number of carbonyl (C=O) groups excluding carboxylic acids is 2. The largest absolute Gasteiger partial charge is 0.444 e.